The first-order valence-electron chi connectivity index (χ1n) is 6.15. The summed E-state index contributed by atoms with van der Waals surface area (Å²) in [6.45, 7) is 3.06. The van der Waals surface area contributed by atoms with Gasteiger partial charge in [0.25, 0.3) is 0 Å². The van der Waals surface area contributed by atoms with Crippen LogP contribution in [0.3, 0.4) is 0 Å². The van der Waals surface area contributed by atoms with E-state index in [-0.39, 0.29) is 9.92 Å². The summed E-state index contributed by atoms with van der Waals surface area (Å²) < 4.78 is 26.6. The minimum atomic E-state index is -3.61. The van der Waals surface area contributed by atoms with Gasteiger partial charge in [-0.25, -0.2) is 8.42 Å². The second-order valence-electron chi connectivity index (χ2n) is 4.87. The summed E-state index contributed by atoms with van der Waals surface area (Å²) in [4.78, 5) is 0.0299. The third-order valence-corrected chi connectivity index (χ3v) is 5.64. The van der Waals surface area contributed by atoms with Crippen molar-refractivity contribution in [1.29, 1.82) is 5.26 Å². The molecule has 6 heteroatoms. The Bertz CT molecular complexity index is 622. The Kier molecular flexibility index (Phi) is 4.14. The fourth-order valence-electron chi connectivity index (χ4n) is 2.27. The van der Waals surface area contributed by atoms with Crippen LogP contribution in [0.25, 0.3) is 0 Å². The quantitative estimate of drug-likeness (QED) is 0.843. The predicted molar refractivity (Wildman–Crippen MR) is 73.3 cm³/mol. The Hall–Kier alpha value is -1.09. The van der Waals surface area contributed by atoms with Gasteiger partial charge in [-0.2, -0.15) is 9.57 Å². The van der Waals surface area contributed by atoms with Crippen molar-refractivity contribution >= 4 is 21.6 Å². The molecule has 0 radical (unpaired) electrons. The summed E-state index contributed by atoms with van der Waals surface area (Å²) in [5.74, 6) is 0.349. The Morgan fingerprint density at radius 3 is 2.84 bits per heavy atom. The van der Waals surface area contributed by atoms with Gasteiger partial charge in [0.2, 0.25) is 10.0 Å². The lowest BCUT2D eigenvalue weighted by Crippen LogP contribution is -2.39. The number of hydrogen-bond acceptors (Lipinski definition) is 3. The molecule has 0 spiro atoms. The van der Waals surface area contributed by atoms with E-state index in [4.69, 9.17) is 16.9 Å². The van der Waals surface area contributed by atoms with E-state index < -0.39 is 10.0 Å². The highest BCUT2D eigenvalue weighted by molar-refractivity contribution is 7.89. The van der Waals surface area contributed by atoms with Crippen LogP contribution < -0.4 is 0 Å². The maximum atomic E-state index is 12.6. The Morgan fingerprint density at radius 1 is 1.47 bits per heavy atom. The fourth-order valence-corrected chi connectivity index (χ4v) is 4.37. The van der Waals surface area contributed by atoms with Gasteiger partial charge in [-0.1, -0.05) is 18.5 Å². The van der Waals surface area contributed by atoms with E-state index in [0.717, 1.165) is 12.8 Å². The second kappa shape index (κ2) is 5.49. The standard InChI is InChI=1S/C13H15ClN2O2S/c1-10-3-2-6-16(9-10)19(17,18)13-7-11(8-15)4-5-12(13)14/h4-5,7,10H,2-3,6,9H2,1H3. The summed E-state index contributed by atoms with van der Waals surface area (Å²) >= 11 is 5.98. The molecule has 1 atom stereocenters. The molecule has 1 aromatic rings. The van der Waals surface area contributed by atoms with E-state index in [9.17, 15) is 8.42 Å². The SMILES string of the molecule is CC1CCCN(S(=O)(=O)c2cc(C#N)ccc2Cl)C1. The van der Waals surface area contributed by atoms with Crippen molar-refractivity contribution in [3.8, 4) is 6.07 Å². The summed E-state index contributed by atoms with van der Waals surface area (Å²) in [6.07, 6.45) is 1.90. The van der Waals surface area contributed by atoms with Gasteiger partial charge in [-0.05, 0) is 37.0 Å². The van der Waals surface area contributed by atoms with Gasteiger partial charge >= 0.3 is 0 Å². The first-order valence-corrected chi connectivity index (χ1v) is 7.96. The molecule has 102 valence electrons. The zero-order valence-electron chi connectivity index (χ0n) is 10.6. The molecule has 1 fully saturated rings. The van der Waals surface area contributed by atoms with Crippen LogP contribution in [0.2, 0.25) is 5.02 Å². The third kappa shape index (κ3) is 2.92. The maximum absolute atomic E-state index is 12.6. The molecule has 0 amide bonds. The molecule has 19 heavy (non-hydrogen) atoms. The average molecular weight is 299 g/mol. The zero-order chi connectivity index (χ0) is 14.0. The molecule has 0 saturated carbocycles. The maximum Gasteiger partial charge on any atom is 0.244 e. The Labute approximate surface area is 118 Å². The summed E-state index contributed by atoms with van der Waals surface area (Å²) in [5, 5.41) is 9.03. The van der Waals surface area contributed by atoms with Crippen LogP contribution >= 0.6 is 11.6 Å². The van der Waals surface area contributed by atoms with E-state index in [1.165, 1.54) is 22.5 Å². The van der Waals surface area contributed by atoms with E-state index in [1.807, 2.05) is 13.0 Å². The number of piperidine rings is 1. The van der Waals surface area contributed by atoms with Crippen molar-refractivity contribution in [3.05, 3.63) is 28.8 Å². The number of halogens is 1. The van der Waals surface area contributed by atoms with Crippen molar-refractivity contribution in [2.45, 2.75) is 24.7 Å². The lowest BCUT2D eigenvalue weighted by atomic mass is 10.0. The Morgan fingerprint density at radius 2 is 2.21 bits per heavy atom. The van der Waals surface area contributed by atoms with Crippen molar-refractivity contribution in [2.24, 2.45) is 5.92 Å². The molecule has 0 aliphatic carbocycles. The molecule has 1 heterocycles. The van der Waals surface area contributed by atoms with E-state index in [1.54, 1.807) is 0 Å². The van der Waals surface area contributed by atoms with Crippen LogP contribution in [-0.2, 0) is 10.0 Å². The number of nitrogens with zero attached hydrogens (tertiary/aromatic N) is 2. The molecule has 1 saturated heterocycles. The minimum Gasteiger partial charge on any atom is -0.207 e. The number of hydrogen-bond donors (Lipinski definition) is 0. The van der Waals surface area contributed by atoms with Gasteiger partial charge in [0.05, 0.1) is 16.7 Å². The smallest absolute Gasteiger partial charge is 0.207 e. The summed E-state index contributed by atoms with van der Waals surface area (Å²) in [7, 11) is -3.61. The van der Waals surface area contributed by atoms with Crippen molar-refractivity contribution in [3.63, 3.8) is 0 Å². The van der Waals surface area contributed by atoms with E-state index in [2.05, 4.69) is 0 Å². The lowest BCUT2D eigenvalue weighted by Gasteiger charge is -2.30. The first-order chi connectivity index (χ1) is 8.95. The molecule has 1 aliphatic heterocycles. The van der Waals surface area contributed by atoms with E-state index >= 15 is 0 Å². The topological polar surface area (TPSA) is 61.2 Å². The van der Waals surface area contributed by atoms with E-state index in [0.29, 0.717) is 24.6 Å². The fraction of sp³-hybridized carbons (Fsp3) is 0.462. The van der Waals surface area contributed by atoms with Crippen molar-refractivity contribution in [1.82, 2.24) is 4.31 Å². The van der Waals surface area contributed by atoms with Gasteiger partial charge in [0.15, 0.2) is 0 Å². The minimum absolute atomic E-state index is 0.0299. The highest BCUT2D eigenvalue weighted by atomic mass is 35.5. The zero-order valence-corrected chi connectivity index (χ0v) is 12.2. The molecular formula is C13H15ClN2O2S. The van der Waals surface area contributed by atoms with Crippen LogP contribution in [0.4, 0.5) is 0 Å². The summed E-state index contributed by atoms with van der Waals surface area (Å²) in [6, 6.07) is 6.25. The lowest BCUT2D eigenvalue weighted by molar-refractivity contribution is 0.281. The Balaban J connectivity index is 2.42. The van der Waals surface area contributed by atoms with Crippen LogP contribution in [0.15, 0.2) is 23.1 Å². The molecular weight excluding hydrogens is 284 g/mol. The van der Waals surface area contributed by atoms with Gasteiger partial charge < -0.3 is 0 Å². The number of nitriles is 1. The number of benzene rings is 1. The van der Waals surface area contributed by atoms with Gasteiger partial charge in [-0.3, -0.25) is 0 Å². The molecule has 1 aliphatic rings. The van der Waals surface area contributed by atoms with Crippen LogP contribution in [0, 0.1) is 17.2 Å². The first kappa shape index (κ1) is 14.3. The highest BCUT2D eigenvalue weighted by Gasteiger charge is 2.30. The van der Waals surface area contributed by atoms with Crippen LogP contribution in [-0.4, -0.2) is 25.8 Å². The van der Waals surface area contributed by atoms with Crippen LogP contribution in [0.5, 0.6) is 0 Å². The third-order valence-electron chi connectivity index (χ3n) is 3.30. The van der Waals surface area contributed by atoms with Crippen molar-refractivity contribution < 1.29 is 8.42 Å². The highest BCUT2D eigenvalue weighted by Crippen LogP contribution is 2.28. The van der Waals surface area contributed by atoms with Gasteiger partial charge in [-0.15, -0.1) is 0 Å². The molecule has 4 nitrogen and oxygen atoms in total. The molecule has 1 unspecified atom stereocenters. The van der Waals surface area contributed by atoms with Crippen LogP contribution in [0.1, 0.15) is 25.3 Å². The molecule has 0 bridgehead atoms. The number of sulfonamides is 1. The predicted octanol–water partition coefficient (Wildman–Crippen LogP) is 2.63. The largest absolute Gasteiger partial charge is 0.244 e. The molecule has 0 aromatic heterocycles. The molecule has 0 N–H and O–H groups in total. The molecule has 1 aromatic carbocycles. The normalized spacial score (nSPS) is 21.0. The van der Waals surface area contributed by atoms with Crippen molar-refractivity contribution in [2.75, 3.05) is 13.1 Å². The van der Waals surface area contributed by atoms with Gasteiger partial charge in [0.1, 0.15) is 4.90 Å². The molecule has 2 rings (SSSR count). The van der Waals surface area contributed by atoms with Gasteiger partial charge in [0, 0.05) is 13.1 Å². The summed E-state index contributed by atoms with van der Waals surface area (Å²) in [5.41, 5.74) is 0.299. The number of rotatable bonds is 2. The monoisotopic (exact) mass is 298 g/mol. The second-order valence-corrected chi connectivity index (χ2v) is 7.18. The average Bonchev–Trinajstić information content (AvgIpc) is 2.39.